The lowest BCUT2D eigenvalue weighted by molar-refractivity contribution is 0.0240. The topological polar surface area (TPSA) is 36.0 Å². The standard InChI is InChI=1S/C23H37N3O2.2C2H6/c1-7-17(3)26-16-18-15-19(9-10-20(18)21(26)8-2)24-11-13-25(14-12-24)22(27)28-23(4,5)6;2*1-2/h9-10,15,17,21H,7-8,11-14,16H2,1-6H3;2*1-2H3. The predicted octanol–water partition coefficient (Wildman–Crippen LogP) is 6.86. The van der Waals surface area contributed by atoms with Gasteiger partial charge in [-0.1, -0.05) is 47.6 Å². The van der Waals surface area contributed by atoms with Crippen LogP contribution in [0.25, 0.3) is 0 Å². The van der Waals surface area contributed by atoms with E-state index in [1.54, 1.807) is 0 Å². The highest BCUT2D eigenvalue weighted by molar-refractivity contribution is 5.68. The van der Waals surface area contributed by atoms with Gasteiger partial charge in [-0.3, -0.25) is 4.90 Å². The summed E-state index contributed by atoms with van der Waals surface area (Å²) in [7, 11) is 0. The highest BCUT2D eigenvalue weighted by Crippen LogP contribution is 2.39. The Labute approximate surface area is 198 Å². The van der Waals surface area contributed by atoms with Crippen molar-refractivity contribution in [2.45, 2.75) is 106 Å². The molecule has 1 aromatic rings. The van der Waals surface area contributed by atoms with Crippen molar-refractivity contribution in [3.05, 3.63) is 29.3 Å². The number of carbonyl (C=O) groups excluding carboxylic acids is 1. The smallest absolute Gasteiger partial charge is 0.410 e. The fourth-order valence-electron chi connectivity index (χ4n) is 4.36. The molecule has 0 N–H and O–H groups in total. The number of rotatable bonds is 4. The number of ether oxygens (including phenoxy) is 1. The highest BCUT2D eigenvalue weighted by atomic mass is 16.6. The molecule has 0 bridgehead atoms. The van der Waals surface area contributed by atoms with E-state index >= 15 is 0 Å². The number of carbonyl (C=O) groups is 1. The van der Waals surface area contributed by atoms with E-state index < -0.39 is 5.60 Å². The van der Waals surface area contributed by atoms with Crippen LogP contribution in [0.5, 0.6) is 0 Å². The average Bonchev–Trinajstić information content (AvgIpc) is 3.18. The molecule has 1 saturated heterocycles. The van der Waals surface area contributed by atoms with Crippen LogP contribution in [0.2, 0.25) is 0 Å². The molecule has 1 amide bonds. The summed E-state index contributed by atoms with van der Waals surface area (Å²) in [6.45, 7) is 24.8. The van der Waals surface area contributed by atoms with E-state index in [-0.39, 0.29) is 6.09 Å². The third-order valence-corrected chi connectivity index (χ3v) is 6.08. The number of nitrogens with zero attached hydrogens (tertiary/aromatic N) is 3. The summed E-state index contributed by atoms with van der Waals surface area (Å²) >= 11 is 0. The third-order valence-electron chi connectivity index (χ3n) is 6.08. The van der Waals surface area contributed by atoms with Crippen molar-refractivity contribution in [1.82, 2.24) is 9.80 Å². The normalized spacial score (nSPS) is 19.2. The van der Waals surface area contributed by atoms with Crippen molar-refractivity contribution < 1.29 is 9.53 Å². The van der Waals surface area contributed by atoms with Crippen molar-refractivity contribution in [2.75, 3.05) is 31.1 Å². The minimum Gasteiger partial charge on any atom is -0.444 e. The van der Waals surface area contributed by atoms with Gasteiger partial charge in [0.05, 0.1) is 0 Å². The Morgan fingerprint density at radius 1 is 1.06 bits per heavy atom. The SMILES string of the molecule is CC.CC.CCC(C)N1Cc2cc(N3CCN(C(=O)OC(C)(C)C)CC3)ccc2C1CC. The third kappa shape index (κ3) is 7.13. The van der Waals surface area contributed by atoms with Gasteiger partial charge >= 0.3 is 6.09 Å². The van der Waals surface area contributed by atoms with Crippen molar-refractivity contribution in [3.63, 3.8) is 0 Å². The Hall–Kier alpha value is -1.75. The second kappa shape index (κ2) is 13.1. The summed E-state index contributed by atoms with van der Waals surface area (Å²) in [5.41, 5.74) is 3.81. The van der Waals surface area contributed by atoms with E-state index in [4.69, 9.17) is 4.74 Å². The van der Waals surface area contributed by atoms with E-state index in [1.165, 1.54) is 23.2 Å². The predicted molar refractivity (Wildman–Crippen MR) is 137 cm³/mol. The van der Waals surface area contributed by atoms with Gasteiger partial charge in [-0.15, -0.1) is 0 Å². The van der Waals surface area contributed by atoms with Crippen LogP contribution in [0, 0.1) is 0 Å². The van der Waals surface area contributed by atoms with Gasteiger partial charge in [0, 0.05) is 50.5 Å². The number of hydrogen-bond donors (Lipinski definition) is 0. The molecule has 2 heterocycles. The molecule has 2 atom stereocenters. The summed E-state index contributed by atoms with van der Waals surface area (Å²) in [6, 6.07) is 8.14. The maximum atomic E-state index is 12.3. The summed E-state index contributed by atoms with van der Waals surface area (Å²) in [6.07, 6.45) is 2.14. The fourth-order valence-corrected chi connectivity index (χ4v) is 4.36. The maximum Gasteiger partial charge on any atom is 0.410 e. The van der Waals surface area contributed by atoms with Gasteiger partial charge in [-0.05, 0) is 63.8 Å². The molecule has 0 saturated carbocycles. The molecule has 184 valence electrons. The zero-order chi connectivity index (χ0) is 24.5. The minimum absolute atomic E-state index is 0.198. The van der Waals surface area contributed by atoms with E-state index in [9.17, 15) is 4.79 Å². The number of piperazine rings is 1. The van der Waals surface area contributed by atoms with Crippen molar-refractivity contribution in [3.8, 4) is 0 Å². The summed E-state index contributed by atoms with van der Waals surface area (Å²) in [4.78, 5) is 19.2. The lowest BCUT2D eigenvalue weighted by Crippen LogP contribution is -2.50. The number of fused-ring (bicyclic) bond motifs is 1. The van der Waals surface area contributed by atoms with Crippen LogP contribution in [0.4, 0.5) is 10.5 Å². The largest absolute Gasteiger partial charge is 0.444 e. The zero-order valence-corrected chi connectivity index (χ0v) is 22.5. The molecular weight excluding hydrogens is 398 g/mol. The van der Waals surface area contributed by atoms with Crippen LogP contribution < -0.4 is 4.90 Å². The Kier molecular flexibility index (Phi) is 11.6. The zero-order valence-electron chi connectivity index (χ0n) is 22.5. The molecule has 0 aromatic heterocycles. The molecule has 32 heavy (non-hydrogen) atoms. The van der Waals surface area contributed by atoms with Gasteiger partial charge in [0.1, 0.15) is 5.60 Å². The van der Waals surface area contributed by atoms with Crippen molar-refractivity contribution in [1.29, 1.82) is 0 Å². The number of amides is 1. The first-order chi connectivity index (χ1) is 15.2. The number of anilines is 1. The molecule has 1 fully saturated rings. The van der Waals surface area contributed by atoms with Gasteiger partial charge in [0.25, 0.3) is 0 Å². The van der Waals surface area contributed by atoms with E-state index in [0.717, 1.165) is 26.1 Å². The van der Waals surface area contributed by atoms with Gasteiger partial charge in [-0.25, -0.2) is 4.79 Å². The summed E-state index contributed by atoms with van der Waals surface area (Å²) in [5.74, 6) is 0. The summed E-state index contributed by atoms with van der Waals surface area (Å²) in [5, 5.41) is 0. The second-order valence-corrected chi connectivity index (χ2v) is 9.19. The molecular formula is C27H49N3O2. The molecule has 5 heteroatoms. The number of benzene rings is 1. The molecule has 2 unspecified atom stereocenters. The van der Waals surface area contributed by atoms with Crippen molar-refractivity contribution >= 4 is 11.8 Å². The molecule has 0 radical (unpaired) electrons. The van der Waals surface area contributed by atoms with Crippen LogP contribution in [-0.2, 0) is 11.3 Å². The monoisotopic (exact) mass is 447 g/mol. The molecule has 3 rings (SSSR count). The van der Waals surface area contributed by atoms with Crippen LogP contribution in [0.15, 0.2) is 18.2 Å². The maximum absolute atomic E-state index is 12.3. The molecule has 0 spiro atoms. The fraction of sp³-hybridized carbons (Fsp3) is 0.741. The van der Waals surface area contributed by atoms with E-state index in [1.807, 2.05) is 53.4 Å². The molecule has 5 nitrogen and oxygen atoms in total. The Bertz CT molecular complexity index is 691. The van der Waals surface area contributed by atoms with Crippen LogP contribution in [0.1, 0.15) is 99.2 Å². The minimum atomic E-state index is -0.439. The average molecular weight is 448 g/mol. The second-order valence-electron chi connectivity index (χ2n) is 9.19. The van der Waals surface area contributed by atoms with Gasteiger partial charge in [0.15, 0.2) is 0 Å². The van der Waals surface area contributed by atoms with Gasteiger partial charge in [0.2, 0.25) is 0 Å². The Balaban J connectivity index is 0.00000121. The Morgan fingerprint density at radius 3 is 2.16 bits per heavy atom. The first kappa shape index (κ1) is 28.3. The quantitative estimate of drug-likeness (QED) is 0.505. The van der Waals surface area contributed by atoms with E-state index in [2.05, 4.69) is 48.8 Å². The summed E-state index contributed by atoms with van der Waals surface area (Å²) < 4.78 is 5.51. The van der Waals surface area contributed by atoms with Crippen LogP contribution in [0.3, 0.4) is 0 Å². The molecule has 0 aliphatic carbocycles. The molecule has 2 aliphatic rings. The van der Waals surface area contributed by atoms with E-state index in [0.29, 0.717) is 25.2 Å². The van der Waals surface area contributed by atoms with Gasteiger partial charge < -0.3 is 14.5 Å². The lowest BCUT2D eigenvalue weighted by atomic mass is 10.0. The highest BCUT2D eigenvalue weighted by Gasteiger charge is 2.32. The lowest BCUT2D eigenvalue weighted by Gasteiger charge is -2.37. The van der Waals surface area contributed by atoms with Crippen LogP contribution >= 0.6 is 0 Å². The van der Waals surface area contributed by atoms with Crippen molar-refractivity contribution in [2.24, 2.45) is 0 Å². The first-order valence-corrected chi connectivity index (χ1v) is 12.8. The molecule has 1 aromatic carbocycles. The number of hydrogen-bond acceptors (Lipinski definition) is 4. The molecule has 2 aliphatic heterocycles. The Morgan fingerprint density at radius 2 is 1.66 bits per heavy atom. The first-order valence-electron chi connectivity index (χ1n) is 12.8. The van der Waals surface area contributed by atoms with Gasteiger partial charge in [-0.2, -0.15) is 0 Å². The van der Waals surface area contributed by atoms with Crippen LogP contribution in [-0.4, -0.2) is 53.7 Å².